The van der Waals surface area contributed by atoms with Crippen molar-refractivity contribution in [3.05, 3.63) is 30.3 Å². The molecule has 0 spiro atoms. The number of amides is 1. The standard InChI is InChI=1S/C13H19NO3S/c1-14(2)13(15)18(16)11-7-6-10-17-12-8-4-3-5-9-12/h3-5,8-9H,6-7,10-11H2,1-2H3. The lowest BCUT2D eigenvalue weighted by molar-refractivity contribution is 0.240. The zero-order chi connectivity index (χ0) is 13.4. The van der Waals surface area contributed by atoms with Gasteiger partial charge < -0.3 is 9.64 Å². The average Bonchev–Trinajstić information content (AvgIpc) is 2.38. The first-order valence-corrected chi connectivity index (χ1v) is 7.20. The molecule has 4 nitrogen and oxygen atoms in total. The summed E-state index contributed by atoms with van der Waals surface area (Å²) in [6.45, 7) is 0.581. The summed E-state index contributed by atoms with van der Waals surface area (Å²) in [6.07, 6.45) is 1.51. The quantitative estimate of drug-likeness (QED) is 0.744. The third-order valence-corrected chi connectivity index (χ3v) is 3.71. The summed E-state index contributed by atoms with van der Waals surface area (Å²) in [5, 5.41) is -0.320. The number of ether oxygens (including phenoxy) is 1. The van der Waals surface area contributed by atoms with Gasteiger partial charge in [-0.25, -0.2) is 4.21 Å². The molecule has 5 heteroatoms. The van der Waals surface area contributed by atoms with E-state index < -0.39 is 10.8 Å². The van der Waals surface area contributed by atoms with Gasteiger partial charge in [0.25, 0.3) is 0 Å². The molecule has 1 aromatic carbocycles. The minimum absolute atomic E-state index is 0.320. The molecule has 1 amide bonds. The lowest BCUT2D eigenvalue weighted by Crippen LogP contribution is -2.25. The molecule has 1 aromatic rings. The van der Waals surface area contributed by atoms with Gasteiger partial charge in [-0.2, -0.15) is 0 Å². The molecule has 0 aromatic heterocycles. The number of benzene rings is 1. The Bertz CT molecular complexity index is 392. The highest BCUT2D eigenvalue weighted by atomic mass is 32.2. The highest BCUT2D eigenvalue weighted by Crippen LogP contribution is 2.09. The van der Waals surface area contributed by atoms with Gasteiger partial charge in [0, 0.05) is 19.8 Å². The monoisotopic (exact) mass is 269 g/mol. The van der Waals surface area contributed by atoms with Crippen molar-refractivity contribution in [2.75, 3.05) is 26.5 Å². The third-order valence-electron chi connectivity index (χ3n) is 2.30. The van der Waals surface area contributed by atoms with E-state index in [1.807, 2.05) is 30.3 Å². The van der Waals surface area contributed by atoms with E-state index in [4.69, 9.17) is 4.74 Å². The van der Waals surface area contributed by atoms with E-state index in [2.05, 4.69) is 0 Å². The van der Waals surface area contributed by atoms with Crippen molar-refractivity contribution < 1.29 is 13.7 Å². The molecule has 100 valence electrons. The third kappa shape index (κ3) is 5.31. The average molecular weight is 269 g/mol. The van der Waals surface area contributed by atoms with Crippen molar-refractivity contribution in [2.24, 2.45) is 0 Å². The fraction of sp³-hybridized carbons (Fsp3) is 0.462. The van der Waals surface area contributed by atoms with E-state index in [-0.39, 0.29) is 5.24 Å². The Balaban J connectivity index is 2.12. The maximum absolute atomic E-state index is 11.5. The van der Waals surface area contributed by atoms with Crippen LogP contribution in [0.4, 0.5) is 4.79 Å². The number of carbonyl (C=O) groups excluding carboxylic acids is 1. The molecule has 0 saturated carbocycles. The lowest BCUT2D eigenvalue weighted by Gasteiger charge is -2.09. The first kappa shape index (κ1) is 14.7. The number of hydrogen-bond acceptors (Lipinski definition) is 3. The van der Waals surface area contributed by atoms with Gasteiger partial charge in [-0.15, -0.1) is 0 Å². The predicted molar refractivity (Wildman–Crippen MR) is 73.3 cm³/mol. The number of hydrogen-bond donors (Lipinski definition) is 0. The molecule has 0 saturated heterocycles. The Morgan fingerprint density at radius 2 is 1.89 bits per heavy atom. The zero-order valence-corrected chi connectivity index (χ0v) is 11.6. The first-order valence-electron chi connectivity index (χ1n) is 5.89. The normalized spacial score (nSPS) is 11.9. The second kappa shape index (κ2) is 7.87. The second-order valence-electron chi connectivity index (χ2n) is 4.08. The van der Waals surface area contributed by atoms with E-state index in [1.54, 1.807) is 14.1 Å². The SMILES string of the molecule is CN(C)C(=O)S(=O)CCCCOc1ccccc1. The van der Waals surface area contributed by atoms with Gasteiger partial charge >= 0.3 is 5.24 Å². The minimum atomic E-state index is -1.41. The van der Waals surface area contributed by atoms with E-state index in [0.717, 1.165) is 18.6 Å². The molecule has 0 aliphatic carbocycles. The molecule has 0 radical (unpaired) electrons. The predicted octanol–water partition coefficient (Wildman–Crippen LogP) is 2.28. The zero-order valence-electron chi connectivity index (χ0n) is 10.8. The molecule has 0 fully saturated rings. The van der Waals surface area contributed by atoms with Crippen LogP contribution in [0.25, 0.3) is 0 Å². The van der Waals surface area contributed by atoms with Crippen molar-refractivity contribution in [1.82, 2.24) is 4.90 Å². The summed E-state index contributed by atoms with van der Waals surface area (Å²) in [5.41, 5.74) is 0. The van der Waals surface area contributed by atoms with Crippen LogP contribution in [0, 0.1) is 0 Å². The Labute approximate surface area is 110 Å². The van der Waals surface area contributed by atoms with Crippen molar-refractivity contribution >= 4 is 16.0 Å². The minimum Gasteiger partial charge on any atom is -0.494 e. The molecule has 0 N–H and O–H groups in total. The lowest BCUT2D eigenvalue weighted by atomic mass is 10.3. The number of nitrogens with zero attached hydrogens (tertiary/aromatic N) is 1. The van der Waals surface area contributed by atoms with Crippen LogP contribution in [0.3, 0.4) is 0 Å². The summed E-state index contributed by atoms with van der Waals surface area (Å²) < 4.78 is 17.0. The summed E-state index contributed by atoms with van der Waals surface area (Å²) in [5.74, 6) is 1.23. The van der Waals surface area contributed by atoms with Gasteiger partial charge in [0.15, 0.2) is 0 Å². The Morgan fingerprint density at radius 3 is 2.50 bits per heavy atom. The van der Waals surface area contributed by atoms with Crippen LogP contribution in [0.5, 0.6) is 5.75 Å². The van der Waals surface area contributed by atoms with Crippen molar-refractivity contribution in [3.8, 4) is 5.75 Å². The Morgan fingerprint density at radius 1 is 1.22 bits per heavy atom. The topological polar surface area (TPSA) is 46.6 Å². The molecule has 18 heavy (non-hydrogen) atoms. The maximum Gasteiger partial charge on any atom is 0.311 e. The summed E-state index contributed by atoms with van der Waals surface area (Å²) in [6, 6.07) is 9.56. The molecule has 0 heterocycles. The molecule has 1 rings (SSSR count). The highest BCUT2D eigenvalue weighted by molar-refractivity contribution is 8.00. The molecule has 0 bridgehead atoms. The van der Waals surface area contributed by atoms with Crippen LogP contribution in [0.15, 0.2) is 30.3 Å². The van der Waals surface area contributed by atoms with E-state index in [0.29, 0.717) is 12.4 Å². The van der Waals surface area contributed by atoms with Crippen molar-refractivity contribution in [2.45, 2.75) is 12.8 Å². The first-order chi connectivity index (χ1) is 8.61. The summed E-state index contributed by atoms with van der Waals surface area (Å²) >= 11 is 0. The largest absolute Gasteiger partial charge is 0.494 e. The van der Waals surface area contributed by atoms with Crippen LogP contribution < -0.4 is 4.74 Å². The second-order valence-corrected chi connectivity index (χ2v) is 5.53. The molecule has 1 unspecified atom stereocenters. The van der Waals surface area contributed by atoms with Gasteiger partial charge in [-0.05, 0) is 25.0 Å². The van der Waals surface area contributed by atoms with Crippen LogP contribution in [-0.4, -0.2) is 40.8 Å². The van der Waals surface area contributed by atoms with E-state index in [9.17, 15) is 9.00 Å². The number of para-hydroxylation sites is 1. The molecule has 0 aliphatic heterocycles. The van der Waals surface area contributed by atoms with Gasteiger partial charge in [0.2, 0.25) is 0 Å². The van der Waals surface area contributed by atoms with Crippen LogP contribution in [0.1, 0.15) is 12.8 Å². The van der Waals surface area contributed by atoms with Crippen LogP contribution in [0.2, 0.25) is 0 Å². The van der Waals surface area contributed by atoms with Gasteiger partial charge in [-0.3, -0.25) is 4.79 Å². The Kier molecular flexibility index (Phi) is 6.43. The van der Waals surface area contributed by atoms with E-state index in [1.165, 1.54) is 4.90 Å². The number of rotatable bonds is 6. The van der Waals surface area contributed by atoms with Gasteiger partial charge in [0.1, 0.15) is 16.5 Å². The number of carbonyl (C=O) groups is 1. The molecular formula is C13H19NO3S. The summed E-state index contributed by atoms with van der Waals surface area (Å²) in [7, 11) is 1.81. The number of unbranched alkanes of at least 4 members (excludes halogenated alkanes) is 1. The fourth-order valence-electron chi connectivity index (χ4n) is 1.33. The molecule has 0 aliphatic rings. The van der Waals surface area contributed by atoms with Crippen molar-refractivity contribution in [1.29, 1.82) is 0 Å². The molecule has 1 atom stereocenters. The Hall–Kier alpha value is -1.36. The summed E-state index contributed by atoms with van der Waals surface area (Å²) in [4.78, 5) is 12.7. The van der Waals surface area contributed by atoms with Crippen molar-refractivity contribution in [3.63, 3.8) is 0 Å². The van der Waals surface area contributed by atoms with Gasteiger partial charge in [-0.1, -0.05) is 18.2 Å². The maximum atomic E-state index is 11.5. The molecular weight excluding hydrogens is 250 g/mol. The van der Waals surface area contributed by atoms with Crippen LogP contribution in [-0.2, 0) is 10.8 Å². The highest BCUT2D eigenvalue weighted by Gasteiger charge is 2.12. The van der Waals surface area contributed by atoms with E-state index >= 15 is 0 Å². The van der Waals surface area contributed by atoms with Crippen LogP contribution >= 0.6 is 0 Å². The fourth-order valence-corrected chi connectivity index (χ4v) is 2.38. The van der Waals surface area contributed by atoms with Gasteiger partial charge in [0.05, 0.1) is 6.61 Å². The smallest absolute Gasteiger partial charge is 0.311 e.